The number of carbonyl (C=O) groups excluding carboxylic acids is 1. The van der Waals surface area contributed by atoms with Gasteiger partial charge in [0.05, 0.1) is 6.61 Å². The number of hydrogen-bond donors (Lipinski definition) is 1. The molecular weight excluding hydrogens is 362 g/mol. The third kappa shape index (κ3) is 6.58. The second-order valence-electron chi connectivity index (χ2n) is 7.71. The van der Waals surface area contributed by atoms with Gasteiger partial charge in [0.15, 0.2) is 0 Å². The molecule has 2 aromatic rings. The molecule has 5 nitrogen and oxygen atoms in total. The fourth-order valence-electron chi connectivity index (χ4n) is 3.48. The topological polar surface area (TPSA) is 44.8 Å². The minimum absolute atomic E-state index is 0.00636. The molecular formula is C24H33N3O2. The van der Waals surface area contributed by atoms with E-state index in [1.165, 1.54) is 0 Å². The summed E-state index contributed by atoms with van der Waals surface area (Å²) in [6.07, 6.45) is 1.97. The molecule has 0 radical (unpaired) electrons. The maximum atomic E-state index is 12.5. The Labute approximate surface area is 174 Å². The molecule has 1 heterocycles. The van der Waals surface area contributed by atoms with Gasteiger partial charge in [-0.15, -0.1) is 0 Å². The quantitative estimate of drug-likeness (QED) is 0.660. The molecule has 5 heteroatoms. The van der Waals surface area contributed by atoms with Crippen LogP contribution in [0.25, 0.3) is 11.1 Å². The van der Waals surface area contributed by atoms with Gasteiger partial charge in [0.2, 0.25) is 0 Å². The van der Waals surface area contributed by atoms with E-state index in [1.54, 1.807) is 0 Å². The van der Waals surface area contributed by atoms with Gasteiger partial charge in [-0.1, -0.05) is 31.2 Å². The monoisotopic (exact) mass is 395 g/mol. The maximum absolute atomic E-state index is 12.5. The summed E-state index contributed by atoms with van der Waals surface area (Å²) in [5, 5.41) is 3.06. The lowest BCUT2D eigenvalue weighted by molar-refractivity contribution is 0.0949. The van der Waals surface area contributed by atoms with E-state index in [0.29, 0.717) is 12.1 Å². The third-order valence-electron chi connectivity index (χ3n) is 5.32. The van der Waals surface area contributed by atoms with E-state index >= 15 is 0 Å². The number of ether oxygens (including phenoxy) is 1. The van der Waals surface area contributed by atoms with Gasteiger partial charge in [0, 0.05) is 38.3 Å². The summed E-state index contributed by atoms with van der Waals surface area (Å²) in [5.74, 6) is 0.873. The second-order valence-corrected chi connectivity index (χ2v) is 7.71. The SMILES string of the molecule is CCCOc1ccc(-c2cccc(C(=O)NCCCN3CCN(C)CC3)c2)cc1. The Balaban J connectivity index is 1.48. The van der Waals surface area contributed by atoms with E-state index in [4.69, 9.17) is 4.74 Å². The smallest absolute Gasteiger partial charge is 0.251 e. The summed E-state index contributed by atoms with van der Waals surface area (Å²) in [6, 6.07) is 15.8. The van der Waals surface area contributed by atoms with Crippen molar-refractivity contribution in [3.8, 4) is 16.9 Å². The normalized spacial score (nSPS) is 15.2. The molecule has 1 fully saturated rings. The molecule has 1 saturated heterocycles. The molecule has 2 aromatic carbocycles. The number of nitrogens with one attached hydrogen (secondary N) is 1. The van der Waals surface area contributed by atoms with Crippen LogP contribution in [0.4, 0.5) is 0 Å². The zero-order chi connectivity index (χ0) is 20.5. The lowest BCUT2D eigenvalue weighted by atomic mass is 10.0. The summed E-state index contributed by atoms with van der Waals surface area (Å²) < 4.78 is 5.64. The van der Waals surface area contributed by atoms with Crippen molar-refractivity contribution in [3.63, 3.8) is 0 Å². The van der Waals surface area contributed by atoms with E-state index in [0.717, 1.165) is 69.0 Å². The van der Waals surface area contributed by atoms with Gasteiger partial charge in [-0.3, -0.25) is 4.79 Å². The molecule has 0 saturated carbocycles. The summed E-state index contributed by atoms with van der Waals surface area (Å²) >= 11 is 0. The molecule has 0 spiro atoms. The van der Waals surface area contributed by atoms with E-state index in [-0.39, 0.29) is 5.91 Å². The van der Waals surface area contributed by atoms with Crippen LogP contribution in [0.3, 0.4) is 0 Å². The number of nitrogens with zero attached hydrogens (tertiary/aromatic N) is 2. The van der Waals surface area contributed by atoms with E-state index < -0.39 is 0 Å². The molecule has 1 aliphatic rings. The highest BCUT2D eigenvalue weighted by Gasteiger charge is 2.13. The first kappa shape index (κ1) is 21.3. The highest BCUT2D eigenvalue weighted by molar-refractivity contribution is 5.95. The Hall–Kier alpha value is -2.37. The highest BCUT2D eigenvalue weighted by atomic mass is 16.5. The van der Waals surface area contributed by atoms with Crippen LogP contribution in [0, 0.1) is 0 Å². The summed E-state index contributed by atoms with van der Waals surface area (Å²) in [4.78, 5) is 17.4. The molecule has 0 bridgehead atoms. The van der Waals surface area contributed by atoms with Crippen LogP contribution in [0.2, 0.25) is 0 Å². The van der Waals surface area contributed by atoms with Crippen molar-refractivity contribution >= 4 is 5.91 Å². The van der Waals surface area contributed by atoms with Crippen molar-refractivity contribution in [1.29, 1.82) is 0 Å². The van der Waals surface area contributed by atoms with Crippen molar-refractivity contribution in [1.82, 2.24) is 15.1 Å². The van der Waals surface area contributed by atoms with Crippen LogP contribution >= 0.6 is 0 Å². The average Bonchev–Trinajstić information content (AvgIpc) is 2.77. The molecule has 29 heavy (non-hydrogen) atoms. The lowest BCUT2D eigenvalue weighted by Crippen LogP contribution is -2.45. The standard InChI is InChI=1S/C24H33N3O2/c1-3-18-29-23-10-8-20(9-11-23)21-6-4-7-22(19-21)24(28)25-12-5-13-27-16-14-26(2)15-17-27/h4,6-11,19H,3,5,12-18H2,1-2H3,(H,25,28). The number of likely N-dealkylation sites (N-methyl/N-ethyl adjacent to an activating group) is 1. The Bertz CT molecular complexity index is 768. The molecule has 3 rings (SSSR count). The van der Waals surface area contributed by atoms with E-state index in [2.05, 4.69) is 29.1 Å². The maximum Gasteiger partial charge on any atom is 0.251 e. The summed E-state index contributed by atoms with van der Waals surface area (Å²) in [6.45, 7) is 9.07. The number of rotatable bonds is 9. The Morgan fingerprint density at radius 1 is 1.03 bits per heavy atom. The van der Waals surface area contributed by atoms with Crippen LogP contribution < -0.4 is 10.1 Å². The van der Waals surface area contributed by atoms with Gasteiger partial charge in [-0.05, 0) is 61.8 Å². The molecule has 1 aliphatic heterocycles. The number of benzene rings is 2. The highest BCUT2D eigenvalue weighted by Crippen LogP contribution is 2.23. The van der Waals surface area contributed by atoms with Crippen molar-refractivity contribution in [2.75, 3.05) is 52.9 Å². The van der Waals surface area contributed by atoms with Crippen molar-refractivity contribution in [2.45, 2.75) is 19.8 Å². The zero-order valence-corrected chi connectivity index (χ0v) is 17.7. The van der Waals surface area contributed by atoms with Gasteiger partial charge < -0.3 is 19.9 Å². The third-order valence-corrected chi connectivity index (χ3v) is 5.32. The van der Waals surface area contributed by atoms with E-state index in [1.807, 2.05) is 48.5 Å². The summed E-state index contributed by atoms with van der Waals surface area (Å²) in [7, 11) is 2.17. The molecule has 0 atom stereocenters. The fourth-order valence-corrected chi connectivity index (χ4v) is 3.48. The van der Waals surface area contributed by atoms with Crippen LogP contribution in [0.1, 0.15) is 30.1 Å². The van der Waals surface area contributed by atoms with E-state index in [9.17, 15) is 4.79 Å². The predicted molar refractivity (Wildman–Crippen MR) is 119 cm³/mol. The molecule has 0 unspecified atom stereocenters. The Kier molecular flexibility index (Phi) is 8.08. The van der Waals surface area contributed by atoms with Crippen LogP contribution in [0.5, 0.6) is 5.75 Å². The van der Waals surface area contributed by atoms with Crippen molar-refractivity contribution in [2.24, 2.45) is 0 Å². The first-order valence-electron chi connectivity index (χ1n) is 10.7. The first-order chi connectivity index (χ1) is 14.2. The summed E-state index contributed by atoms with van der Waals surface area (Å²) in [5.41, 5.74) is 2.82. The number of carbonyl (C=O) groups is 1. The lowest BCUT2D eigenvalue weighted by Gasteiger charge is -2.32. The minimum atomic E-state index is -0.00636. The van der Waals surface area contributed by atoms with Crippen molar-refractivity contribution in [3.05, 3.63) is 54.1 Å². The Morgan fingerprint density at radius 3 is 2.52 bits per heavy atom. The number of hydrogen-bond acceptors (Lipinski definition) is 4. The van der Waals surface area contributed by atoms with Crippen LogP contribution in [-0.2, 0) is 0 Å². The predicted octanol–water partition coefficient (Wildman–Crippen LogP) is 3.51. The van der Waals surface area contributed by atoms with Gasteiger partial charge >= 0.3 is 0 Å². The largest absolute Gasteiger partial charge is 0.494 e. The molecule has 0 aromatic heterocycles. The van der Waals surface area contributed by atoms with Crippen molar-refractivity contribution < 1.29 is 9.53 Å². The van der Waals surface area contributed by atoms with Gasteiger partial charge in [0.25, 0.3) is 5.91 Å². The van der Waals surface area contributed by atoms with Crippen LogP contribution in [-0.4, -0.2) is 68.6 Å². The van der Waals surface area contributed by atoms with Gasteiger partial charge in [-0.2, -0.15) is 0 Å². The molecule has 156 valence electrons. The molecule has 1 N–H and O–H groups in total. The second kappa shape index (κ2) is 11.0. The average molecular weight is 396 g/mol. The minimum Gasteiger partial charge on any atom is -0.494 e. The molecule has 0 aliphatic carbocycles. The Morgan fingerprint density at radius 2 is 1.79 bits per heavy atom. The molecule has 1 amide bonds. The van der Waals surface area contributed by atoms with Gasteiger partial charge in [0.1, 0.15) is 5.75 Å². The number of amides is 1. The fraction of sp³-hybridized carbons (Fsp3) is 0.458. The zero-order valence-electron chi connectivity index (χ0n) is 17.7. The van der Waals surface area contributed by atoms with Crippen LogP contribution in [0.15, 0.2) is 48.5 Å². The number of piperazine rings is 1. The first-order valence-corrected chi connectivity index (χ1v) is 10.7. The van der Waals surface area contributed by atoms with Gasteiger partial charge in [-0.25, -0.2) is 0 Å².